The van der Waals surface area contributed by atoms with Crippen molar-refractivity contribution in [2.24, 2.45) is 0 Å². The first kappa shape index (κ1) is 9.93. The second-order valence-electron chi connectivity index (χ2n) is 3.19. The fourth-order valence-corrected chi connectivity index (χ4v) is 1.02. The summed E-state index contributed by atoms with van der Waals surface area (Å²) in [6.07, 6.45) is -0.0410. The van der Waals surface area contributed by atoms with Crippen molar-refractivity contribution in [3.63, 3.8) is 0 Å². The Morgan fingerprint density at radius 2 is 2.00 bits per heavy atom. The van der Waals surface area contributed by atoms with E-state index in [9.17, 15) is 9.50 Å². The van der Waals surface area contributed by atoms with Crippen molar-refractivity contribution >= 4 is 0 Å². The average molecular weight is 180 g/mol. The summed E-state index contributed by atoms with van der Waals surface area (Å²) in [5.41, 5.74) is 1.64. The molecule has 0 bridgehead atoms. The summed E-state index contributed by atoms with van der Waals surface area (Å²) in [5, 5.41) is 9.46. The summed E-state index contributed by atoms with van der Waals surface area (Å²) in [6, 6.07) is 6.12. The minimum Gasteiger partial charge on any atom is -0.388 e. The van der Waals surface area contributed by atoms with Crippen LogP contribution in [0.1, 0.15) is 12.5 Å². The van der Waals surface area contributed by atoms with Crippen LogP contribution in [-0.4, -0.2) is 11.2 Å². The predicted octanol–water partition coefficient (Wildman–Crippen LogP) is 2.31. The van der Waals surface area contributed by atoms with Gasteiger partial charge >= 0.3 is 0 Å². The van der Waals surface area contributed by atoms with E-state index in [1.807, 2.05) is 0 Å². The predicted molar refractivity (Wildman–Crippen MR) is 50.9 cm³/mol. The molecule has 0 heterocycles. The summed E-state index contributed by atoms with van der Waals surface area (Å²) in [4.78, 5) is 0. The SMILES string of the molecule is C=C(C)C(O)Cc1ccc(F)cc1. The fourth-order valence-electron chi connectivity index (χ4n) is 1.02. The van der Waals surface area contributed by atoms with Crippen LogP contribution < -0.4 is 0 Å². The van der Waals surface area contributed by atoms with Gasteiger partial charge in [0.15, 0.2) is 0 Å². The Hall–Kier alpha value is -1.15. The molecule has 2 heteroatoms. The van der Waals surface area contributed by atoms with Crippen LogP contribution in [0.4, 0.5) is 4.39 Å². The fraction of sp³-hybridized carbons (Fsp3) is 0.273. The third kappa shape index (κ3) is 2.99. The Balaban J connectivity index is 2.64. The lowest BCUT2D eigenvalue weighted by Crippen LogP contribution is -2.10. The lowest BCUT2D eigenvalue weighted by atomic mass is 10.0. The van der Waals surface area contributed by atoms with Gasteiger partial charge in [-0.1, -0.05) is 24.3 Å². The molecule has 1 nitrogen and oxygen atoms in total. The minimum absolute atomic E-state index is 0.256. The molecule has 0 fully saturated rings. The normalized spacial score (nSPS) is 12.5. The molecule has 0 aliphatic rings. The molecule has 0 saturated heterocycles. The van der Waals surface area contributed by atoms with E-state index in [1.165, 1.54) is 12.1 Å². The maximum absolute atomic E-state index is 12.5. The zero-order chi connectivity index (χ0) is 9.84. The van der Waals surface area contributed by atoms with Gasteiger partial charge in [-0.25, -0.2) is 4.39 Å². The molecule has 0 saturated carbocycles. The highest BCUT2D eigenvalue weighted by Crippen LogP contribution is 2.09. The van der Waals surface area contributed by atoms with Crippen LogP contribution in [0.15, 0.2) is 36.4 Å². The number of hydrogen-bond acceptors (Lipinski definition) is 1. The molecule has 0 radical (unpaired) electrons. The standard InChI is InChI=1S/C11H13FO/c1-8(2)11(13)7-9-3-5-10(12)6-4-9/h3-6,11,13H,1,7H2,2H3. The minimum atomic E-state index is -0.537. The number of benzene rings is 1. The smallest absolute Gasteiger partial charge is 0.123 e. The second kappa shape index (κ2) is 4.19. The van der Waals surface area contributed by atoms with E-state index in [0.717, 1.165) is 11.1 Å². The third-order valence-corrected chi connectivity index (χ3v) is 1.91. The zero-order valence-electron chi connectivity index (χ0n) is 7.63. The van der Waals surface area contributed by atoms with Gasteiger partial charge in [-0.3, -0.25) is 0 Å². The van der Waals surface area contributed by atoms with Crippen molar-refractivity contribution in [1.29, 1.82) is 0 Å². The molecule has 0 aliphatic carbocycles. The van der Waals surface area contributed by atoms with E-state index in [1.54, 1.807) is 19.1 Å². The van der Waals surface area contributed by atoms with Gasteiger partial charge in [-0.2, -0.15) is 0 Å². The Morgan fingerprint density at radius 1 is 1.46 bits per heavy atom. The van der Waals surface area contributed by atoms with Crippen LogP contribution in [0.2, 0.25) is 0 Å². The van der Waals surface area contributed by atoms with Crippen molar-refractivity contribution < 1.29 is 9.50 Å². The number of halogens is 1. The zero-order valence-corrected chi connectivity index (χ0v) is 7.63. The highest BCUT2D eigenvalue weighted by molar-refractivity contribution is 5.18. The highest BCUT2D eigenvalue weighted by atomic mass is 19.1. The van der Waals surface area contributed by atoms with Crippen LogP contribution in [0.3, 0.4) is 0 Å². The molecule has 1 aromatic rings. The second-order valence-corrected chi connectivity index (χ2v) is 3.19. The number of aliphatic hydroxyl groups excluding tert-OH is 1. The molecule has 1 N–H and O–H groups in total. The maximum Gasteiger partial charge on any atom is 0.123 e. The van der Waals surface area contributed by atoms with E-state index >= 15 is 0 Å². The molecule has 13 heavy (non-hydrogen) atoms. The molecule has 1 unspecified atom stereocenters. The largest absolute Gasteiger partial charge is 0.388 e. The van der Waals surface area contributed by atoms with E-state index in [2.05, 4.69) is 6.58 Å². The molecular formula is C11H13FO. The van der Waals surface area contributed by atoms with Gasteiger partial charge in [-0.15, -0.1) is 0 Å². The molecular weight excluding hydrogens is 167 g/mol. The van der Waals surface area contributed by atoms with Crippen molar-refractivity contribution in [2.45, 2.75) is 19.4 Å². The Bertz CT molecular complexity index is 289. The number of rotatable bonds is 3. The summed E-state index contributed by atoms with van der Waals surface area (Å²) in [5.74, 6) is -0.256. The van der Waals surface area contributed by atoms with Gasteiger partial charge in [0.2, 0.25) is 0 Å². The van der Waals surface area contributed by atoms with Gasteiger partial charge in [0.1, 0.15) is 5.82 Å². The van der Waals surface area contributed by atoms with E-state index in [0.29, 0.717) is 6.42 Å². The van der Waals surface area contributed by atoms with Gasteiger partial charge in [0.05, 0.1) is 6.10 Å². The Morgan fingerprint density at radius 3 is 2.46 bits per heavy atom. The third-order valence-electron chi connectivity index (χ3n) is 1.91. The molecule has 1 aromatic carbocycles. The first-order valence-electron chi connectivity index (χ1n) is 4.17. The molecule has 1 rings (SSSR count). The number of hydrogen-bond donors (Lipinski definition) is 1. The van der Waals surface area contributed by atoms with Crippen LogP contribution >= 0.6 is 0 Å². The first-order chi connectivity index (χ1) is 6.09. The quantitative estimate of drug-likeness (QED) is 0.708. The topological polar surface area (TPSA) is 20.2 Å². The molecule has 0 aromatic heterocycles. The Labute approximate surface area is 77.5 Å². The maximum atomic E-state index is 12.5. The number of aliphatic hydroxyl groups is 1. The van der Waals surface area contributed by atoms with Crippen LogP contribution in [0, 0.1) is 5.82 Å². The van der Waals surface area contributed by atoms with Gasteiger partial charge in [0, 0.05) is 6.42 Å². The summed E-state index contributed by atoms with van der Waals surface area (Å²) >= 11 is 0. The lowest BCUT2D eigenvalue weighted by Gasteiger charge is -2.09. The van der Waals surface area contributed by atoms with Gasteiger partial charge in [-0.05, 0) is 24.6 Å². The van der Waals surface area contributed by atoms with Crippen molar-refractivity contribution in [3.8, 4) is 0 Å². The van der Waals surface area contributed by atoms with Crippen LogP contribution in [0.5, 0.6) is 0 Å². The van der Waals surface area contributed by atoms with E-state index in [4.69, 9.17) is 0 Å². The molecule has 1 atom stereocenters. The molecule has 70 valence electrons. The molecule has 0 amide bonds. The summed E-state index contributed by atoms with van der Waals surface area (Å²) in [6.45, 7) is 5.42. The van der Waals surface area contributed by atoms with Crippen molar-refractivity contribution in [3.05, 3.63) is 47.8 Å². The molecule has 0 spiro atoms. The van der Waals surface area contributed by atoms with Gasteiger partial charge in [0.25, 0.3) is 0 Å². The lowest BCUT2D eigenvalue weighted by molar-refractivity contribution is 0.212. The van der Waals surface area contributed by atoms with Gasteiger partial charge < -0.3 is 5.11 Å². The average Bonchev–Trinajstić information content (AvgIpc) is 2.08. The van der Waals surface area contributed by atoms with Crippen LogP contribution in [0.25, 0.3) is 0 Å². The Kier molecular flexibility index (Phi) is 3.20. The van der Waals surface area contributed by atoms with Crippen molar-refractivity contribution in [1.82, 2.24) is 0 Å². The highest BCUT2D eigenvalue weighted by Gasteiger charge is 2.05. The van der Waals surface area contributed by atoms with E-state index in [-0.39, 0.29) is 5.82 Å². The van der Waals surface area contributed by atoms with E-state index < -0.39 is 6.10 Å². The van der Waals surface area contributed by atoms with Crippen molar-refractivity contribution in [2.75, 3.05) is 0 Å². The monoisotopic (exact) mass is 180 g/mol. The summed E-state index contributed by atoms with van der Waals surface area (Å²) in [7, 11) is 0. The van der Waals surface area contributed by atoms with Crippen LogP contribution in [-0.2, 0) is 6.42 Å². The molecule has 0 aliphatic heterocycles. The summed E-state index contributed by atoms with van der Waals surface area (Å²) < 4.78 is 12.5. The first-order valence-corrected chi connectivity index (χ1v) is 4.17.